The van der Waals surface area contributed by atoms with Gasteiger partial charge in [-0.3, -0.25) is 9.59 Å². The molecule has 2 amide bonds. The van der Waals surface area contributed by atoms with E-state index in [1.54, 1.807) is 4.90 Å². The molecule has 5 nitrogen and oxygen atoms in total. The number of benzene rings is 2. The molecule has 0 aromatic heterocycles. The number of hydrogen-bond acceptors (Lipinski definition) is 3. The van der Waals surface area contributed by atoms with Crippen molar-refractivity contribution in [2.75, 3.05) is 18.4 Å². The average molecular weight is 418 g/mol. The summed E-state index contributed by atoms with van der Waals surface area (Å²) in [6.45, 7) is 0.933. The summed E-state index contributed by atoms with van der Waals surface area (Å²) in [7, 11) is 0. The lowest BCUT2D eigenvalue weighted by Crippen LogP contribution is -2.40. The van der Waals surface area contributed by atoms with Gasteiger partial charge in [0.1, 0.15) is 5.75 Å². The fourth-order valence-electron chi connectivity index (χ4n) is 3.18. The summed E-state index contributed by atoms with van der Waals surface area (Å²) < 4.78 is 40.3. The predicted molar refractivity (Wildman–Crippen MR) is 107 cm³/mol. The molecule has 1 aliphatic rings. The van der Waals surface area contributed by atoms with Gasteiger partial charge in [0.05, 0.1) is 0 Å². The molecule has 1 aliphatic heterocycles. The zero-order valence-corrected chi connectivity index (χ0v) is 16.1. The van der Waals surface area contributed by atoms with Crippen molar-refractivity contribution in [2.24, 2.45) is 5.92 Å². The summed E-state index contributed by atoms with van der Waals surface area (Å²) >= 11 is 0. The number of anilines is 1. The maximum atomic E-state index is 12.4. The van der Waals surface area contributed by atoms with Crippen LogP contribution in [0.5, 0.6) is 5.75 Å². The molecule has 1 fully saturated rings. The molecule has 1 heterocycles. The van der Waals surface area contributed by atoms with Crippen LogP contribution in [0.4, 0.5) is 18.9 Å². The first-order chi connectivity index (χ1) is 14.3. The lowest BCUT2D eigenvalue weighted by molar-refractivity contribution is -0.274. The van der Waals surface area contributed by atoms with Gasteiger partial charge >= 0.3 is 6.36 Å². The standard InChI is InChI=1S/C22H21F3N2O3/c23-22(24,25)30-19-9-6-16(7-10-19)8-11-20(28)27-14-12-17(13-15-27)21(29)26-18-4-2-1-3-5-18/h1-11,17H,12-15H2,(H,26,29)/b11-8+. The topological polar surface area (TPSA) is 58.6 Å². The molecule has 0 bridgehead atoms. The number of carbonyl (C=O) groups is 2. The fourth-order valence-corrected chi connectivity index (χ4v) is 3.18. The maximum absolute atomic E-state index is 12.4. The summed E-state index contributed by atoms with van der Waals surface area (Å²) in [5.74, 6) is -0.723. The predicted octanol–water partition coefficient (Wildman–Crippen LogP) is 4.48. The first-order valence-corrected chi connectivity index (χ1v) is 9.49. The van der Waals surface area contributed by atoms with Gasteiger partial charge in [-0.2, -0.15) is 0 Å². The van der Waals surface area contributed by atoms with Gasteiger partial charge in [-0.15, -0.1) is 13.2 Å². The fraction of sp³-hybridized carbons (Fsp3) is 0.273. The molecule has 0 spiro atoms. The third-order valence-electron chi connectivity index (χ3n) is 4.75. The second-order valence-corrected chi connectivity index (χ2v) is 6.91. The number of para-hydroxylation sites is 1. The van der Waals surface area contributed by atoms with E-state index in [2.05, 4.69) is 10.1 Å². The third-order valence-corrected chi connectivity index (χ3v) is 4.75. The van der Waals surface area contributed by atoms with Crippen LogP contribution in [0.2, 0.25) is 0 Å². The van der Waals surface area contributed by atoms with Gasteiger partial charge in [0.15, 0.2) is 0 Å². The molecule has 0 aliphatic carbocycles. The minimum Gasteiger partial charge on any atom is -0.406 e. The van der Waals surface area contributed by atoms with Crippen LogP contribution < -0.4 is 10.1 Å². The van der Waals surface area contributed by atoms with Crippen molar-refractivity contribution < 1.29 is 27.5 Å². The first kappa shape index (κ1) is 21.4. The van der Waals surface area contributed by atoms with Crippen LogP contribution in [0.15, 0.2) is 60.7 Å². The zero-order chi connectivity index (χ0) is 21.6. The smallest absolute Gasteiger partial charge is 0.406 e. The van der Waals surface area contributed by atoms with Crippen LogP contribution in [-0.4, -0.2) is 36.2 Å². The number of rotatable bonds is 5. The van der Waals surface area contributed by atoms with Crippen LogP contribution in [0, 0.1) is 5.92 Å². The van der Waals surface area contributed by atoms with Gasteiger partial charge in [-0.05, 0) is 48.7 Å². The second kappa shape index (κ2) is 9.47. The number of ether oxygens (including phenoxy) is 1. The van der Waals surface area contributed by atoms with Crippen molar-refractivity contribution in [2.45, 2.75) is 19.2 Å². The molecule has 2 aromatic rings. The lowest BCUT2D eigenvalue weighted by Gasteiger charge is -2.30. The van der Waals surface area contributed by atoms with Crippen molar-refractivity contribution in [1.82, 2.24) is 4.90 Å². The van der Waals surface area contributed by atoms with E-state index in [4.69, 9.17) is 0 Å². The summed E-state index contributed by atoms with van der Waals surface area (Å²) in [5.41, 5.74) is 1.32. The summed E-state index contributed by atoms with van der Waals surface area (Å²) in [5, 5.41) is 2.88. The van der Waals surface area contributed by atoms with Crippen molar-refractivity contribution in [3.05, 3.63) is 66.2 Å². The minimum atomic E-state index is -4.74. The highest BCUT2D eigenvalue weighted by Gasteiger charge is 2.31. The van der Waals surface area contributed by atoms with Gasteiger partial charge in [0, 0.05) is 30.8 Å². The molecular formula is C22H21F3N2O3. The number of hydrogen-bond donors (Lipinski definition) is 1. The van der Waals surface area contributed by atoms with Crippen LogP contribution >= 0.6 is 0 Å². The molecule has 0 saturated carbocycles. The van der Waals surface area contributed by atoms with Gasteiger partial charge in [0.2, 0.25) is 11.8 Å². The van der Waals surface area contributed by atoms with E-state index in [-0.39, 0.29) is 23.5 Å². The highest BCUT2D eigenvalue weighted by atomic mass is 19.4. The number of alkyl halides is 3. The molecule has 30 heavy (non-hydrogen) atoms. The highest BCUT2D eigenvalue weighted by Crippen LogP contribution is 2.23. The quantitative estimate of drug-likeness (QED) is 0.729. The highest BCUT2D eigenvalue weighted by molar-refractivity contribution is 5.94. The van der Waals surface area contributed by atoms with E-state index in [9.17, 15) is 22.8 Å². The molecule has 0 unspecified atom stereocenters. The maximum Gasteiger partial charge on any atom is 0.573 e. The number of piperidine rings is 1. The van der Waals surface area contributed by atoms with Crippen LogP contribution in [0.25, 0.3) is 6.08 Å². The van der Waals surface area contributed by atoms with E-state index in [0.717, 1.165) is 5.69 Å². The number of nitrogens with zero attached hydrogens (tertiary/aromatic N) is 1. The molecular weight excluding hydrogens is 397 g/mol. The number of carbonyl (C=O) groups excluding carboxylic acids is 2. The van der Waals surface area contributed by atoms with Crippen molar-refractivity contribution in [1.29, 1.82) is 0 Å². The third kappa shape index (κ3) is 6.37. The van der Waals surface area contributed by atoms with Crippen molar-refractivity contribution in [3.63, 3.8) is 0 Å². The molecule has 0 atom stereocenters. The minimum absolute atomic E-state index is 0.0509. The molecule has 158 valence electrons. The van der Waals surface area contributed by atoms with Gasteiger partial charge in [-0.25, -0.2) is 0 Å². The monoisotopic (exact) mass is 418 g/mol. The van der Waals surface area contributed by atoms with E-state index in [0.29, 0.717) is 31.5 Å². The van der Waals surface area contributed by atoms with Gasteiger partial charge < -0.3 is 15.0 Å². The van der Waals surface area contributed by atoms with Crippen LogP contribution in [0.1, 0.15) is 18.4 Å². The molecule has 0 radical (unpaired) electrons. The Kier molecular flexibility index (Phi) is 6.76. The zero-order valence-electron chi connectivity index (χ0n) is 16.1. The van der Waals surface area contributed by atoms with Gasteiger partial charge in [0.25, 0.3) is 0 Å². The van der Waals surface area contributed by atoms with Crippen molar-refractivity contribution in [3.8, 4) is 5.75 Å². The Morgan fingerprint density at radius 1 is 1.00 bits per heavy atom. The number of likely N-dealkylation sites (tertiary alicyclic amines) is 1. The average Bonchev–Trinajstić information content (AvgIpc) is 2.73. The van der Waals surface area contributed by atoms with E-state index in [1.807, 2.05) is 30.3 Å². The Labute approximate surface area is 172 Å². The molecule has 3 rings (SSSR count). The molecule has 1 N–H and O–H groups in total. The second-order valence-electron chi connectivity index (χ2n) is 6.91. The van der Waals surface area contributed by atoms with E-state index in [1.165, 1.54) is 36.4 Å². The Bertz CT molecular complexity index is 888. The Hall–Kier alpha value is -3.29. The molecule has 8 heteroatoms. The Morgan fingerprint density at radius 3 is 2.23 bits per heavy atom. The summed E-state index contributed by atoms with van der Waals surface area (Å²) in [4.78, 5) is 26.4. The Morgan fingerprint density at radius 2 is 1.63 bits per heavy atom. The normalized spacial score (nSPS) is 15.2. The molecule has 2 aromatic carbocycles. The number of nitrogens with one attached hydrogen (secondary N) is 1. The van der Waals surface area contributed by atoms with Gasteiger partial charge in [-0.1, -0.05) is 30.3 Å². The Balaban J connectivity index is 1.47. The van der Waals surface area contributed by atoms with Crippen molar-refractivity contribution >= 4 is 23.6 Å². The van der Waals surface area contributed by atoms with E-state index >= 15 is 0 Å². The van der Waals surface area contributed by atoms with E-state index < -0.39 is 6.36 Å². The number of amides is 2. The van der Waals surface area contributed by atoms with Crippen LogP contribution in [-0.2, 0) is 9.59 Å². The number of halogens is 3. The summed E-state index contributed by atoms with van der Waals surface area (Å²) in [6.07, 6.45) is -0.682. The largest absolute Gasteiger partial charge is 0.573 e. The molecule has 1 saturated heterocycles. The summed E-state index contributed by atoms with van der Waals surface area (Å²) in [6, 6.07) is 14.5. The first-order valence-electron chi connectivity index (χ1n) is 9.49. The lowest BCUT2D eigenvalue weighted by atomic mass is 9.95. The SMILES string of the molecule is O=C(Nc1ccccc1)C1CCN(C(=O)/C=C/c2ccc(OC(F)(F)F)cc2)CC1. The van der Waals surface area contributed by atoms with Crippen LogP contribution in [0.3, 0.4) is 0 Å².